The third-order valence-electron chi connectivity index (χ3n) is 1.57. The maximum absolute atomic E-state index is 5.17. The second kappa shape index (κ2) is 2.02. The Labute approximate surface area is 59.1 Å². The van der Waals surface area contributed by atoms with Gasteiger partial charge in [0.05, 0.1) is 18.9 Å². The minimum Gasteiger partial charge on any atom is -0.370 e. The minimum atomic E-state index is 0.651. The van der Waals surface area contributed by atoms with Crippen LogP contribution in [0.3, 0.4) is 0 Å². The first-order chi connectivity index (χ1) is 4.86. The average molecular weight is 136 g/mol. The molecule has 0 fully saturated rings. The van der Waals surface area contributed by atoms with E-state index in [9.17, 15) is 0 Å². The molecule has 0 bridgehead atoms. The molecule has 0 saturated carbocycles. The molecule has 10 heavy (non-hydrogen) atoms. The standard InChI is InChI=1S/C7H8N2O/c1-5-8-2-6-3-10-4-7(6)9-5/h2H,3-4H2,1H3. The van der Waals surface area contributed by atoms with Gasteiger partial charge < -0.3 is 4.74 Å². The Bertz CT molecular complexity index is 260. The molecular weight excluding hydrogens is 128 g/mol. The predicted octanol–water partition coefficient (Wildman–Crippen LogP) is 0.815. The second-order valence-electron chi connectivity index (χ2n) is 2.38. The summed E-state index contributed by atoms with van der Waals surface area (Å²) in [5.74, 6) is 0.823. The molecule has 0 aliphatic carbocycles. The number of hydrogen-bond acceptors (Lipinski definition) is 3. The number of hydrogen-bond donors (Lipinski definition) is 0. The molecule has 3 heteroatoms. The normalized spacial score (nSPS) is 15.3. The molecule has 0 spiro atoms. The van der Waals surface area contributed by atoms with Crippen LogP contribution in [0.2, 0.25) is 0 Å². The molecule has 52 valence electrons. The van der Waals surface area contributed by atoms with Crippen molar-refractivity contribution in [3.05, 3.63) is 23.3 Å². The molecule has 3 nitrogen and oxygen atoms in total. The van der Waals surface area contributed by atoms with E-state index >= 15 is 0 Å². The van der Waals surface area contributed by atoms with Gasteiger partial charge >= 0.3 is 0 Å². The predicted molar refractivity (Wildman–Crippen MR) is 35.3 cm³/mol. The van der Waals surface area contributed by atoms with Gasteiger partial charge in [0.15, 0.2) is 0 Å². The zero-order chi connectivity index (χ0) is 6.97. The fraction of sp³-hybridized carbons (Fsp3) is 0.429. The number of fused-ring (bicyclic) bond motifs is 1. The van der Waals surface area contributed by atoms with Crippen molar-refractivity contribution in [3.63, 3.8) is 0 Å². The van der Waals surface area contributed by atoms with E-state index in [1.165, 1.54) is 0 Å². The molecule has 0 unspecified atom stereocenters. The Morgan fingerprint density at radius 2 is 2.40 bits per heavy atom. The highest BCUT2D eigenvalue weighted by Crippen LogP contribution is 2.15. The zero-order valence-electron chi connectivity index (χ0n) is 5.79. The molecule has 1 aromatic heterocycles. The lowest BCUT2D eigenvalue weighted by Crippen LogP contribution is -1.93. The van der Waals surface area contributed by atoms with E-state index in [-0.39, 0.29) is 0 Å². The summed E-state index contributed by atoms with van der Waals surface area (Å²) in [6.07, 6.45) is 1.84. The van der Waals surface area contributed by atoms with Gasteiger partial charge in [-0.1, -0.05) is 0 Å². The molecule has 1 aliphatic rings. The molecule has 0 atom stereocenters. The van der Waals surface area contributed by atoms with Crippen LogP contribution < -0.4 is 0 Å². The van der Waals surface area contributed by atoms with Gasteiger partial charge in [-0.3, -0.25) is 0 Å². The lowest BCUT2D eigenvalue weighted by atomic mass is 10.3. The number of aryl methyl sites for hydroxylation is 1. The van der Waals surface area contributed by atoms with Crippen molar-refractivity contribution in [2.75, 3.05) is 0 Å². The van der Waals surface area contributed by atoms with Gasteiger partial charge in [-0.15, -0.1) is 0 Å². The molecular formula is C7H8N2O. The third-order valence-corrected chi connectivity index (χ3v) is 1.57. The van der Waals surface area contributed by atoms with Crippen LogP contribution >= 0.6 is 0 Å². The van der Waals surface area contributed by atoms with Crippen LogP contribution in [0.5, 0.6) is 0 Å². The SMILES string of the molecule is Cc1ncc2c(n1)COC2. The summed E-state index contributed by atoms with van der Waals surface area (Å²) in [6, 6.07) is 0. The van der Waals surface area contributed by atoms with E-state index in [0.717, 1.165) is 17.1 Å². The first kappa shape index (κ1) is 5.80. The van der Waals surface area contributed by atoms with Crippen molar-refractivity contribution in [3.8, 4) is 0 Å². The van der Waals surface area contributed by atoms with E-state index in [0.29, 0.717) is 13.2 Å². The van der Waals surface area contributed by atoms with Crippen LogP contribution in [0.4, 0.5) is 0 Å². The monoisotopic (exact) mass is 136 g/mol. The summed E-state index contributed by atoms with van der Waals surface area (Å²) < 4.78 is 5.17. The van der Waals surface area contributed by atoms with Crippen molar-refractivity contribution in [2.24, 2.45) is 0 Å². The van der Waals surface area contributed by atoms with Crippen molar-refractivity contribution < 1.29 is 4.74 Å². The second-order valence-corrected chi connectivity index (χ2v) is 2.38. The summed E-state index contributed by atoms with van der Waals surface area (Å²) in [4.78, 5) is 8.28. The Morgan fingerprint density at radius 3 is 3.30 bits per heavy atom. The average Bonchev–Trinajstić information content (AvgIpc) is 2.33. The fourth-order valence-electron chi connectivity index (χ4n) is 1.05. The van der Waals surface area contributed by atoms with Crippen LogP contribution in [0.25, 0.3) is 0 Å². The number of nitrogens with zero attached hydrogens (tertiary/aromatic N) is 2. The topological polar surface area (TPSA) is 35.0 Å². The molecule has 0 N–H and O–H groups in total. The van der Waals surface area contributed by atoms with Gasteiger partial charge in [0.25, 0.3) is 0 Å². The maximum Gasteiger partial charge on any atom is 0.125 e. The molecule has 2 heterocycles. The molecule has 0 radical (unpaired) electrons. The Hall–Kier alpha value is -0.960. The highest BCUT2D eigenvalue weighted by atomic mass is 16.5. The van der Waals surface area contributed by atoms with Crippen LogP contribution in [-0.4, -0.2) is 9.97 Å². The smallest absolute Gasteiger partial charge is 0.125 e. The van der Waals surface area contributed by atoms with Gasteiger partial charge in [0, 0.05) is 11.8 Å². The molecule has 0 saturated heterocycles. The van der Waals surface area contributed by atoms with E-state index < -0.39 is 0 Å². The van der Waals surface area contributed by atoms with Crippen molar-refractivity contribution in [2.45, 2.75) is 20.1 Å². The van der Waals surface area contributed by atoms with Crippen molar-refractivity contribution in [1.82, 2.24) is 9.97 Å². The first-order valence-corrected chi connectivity index (χ1v) is 3.25. The van der Waals surface area contributed by atoms with E-state index in [4.69, 9.17) is 4.74 Å². The van der Waals surface area contributed by atoms with Crippen LogP contribution in [0, 0.1) is 6.92 Å². The summed E-state index contributed by atoms with van der Waals surface area (Å²) in [7, 11) is 0. The van der Waals surface area contributed by atoms with Crippen LogP contribution in [-0.2, 0) is 18.0 Å². The molecule has 1 aliphatic heterocycles. The van der Waals surface area contributed by atoms with Gasteiger partial charge in [0.1, 0.15) is 5.82 Å². The number of ether oxygens (including phenoxy) is 1. The summed E-state index contributed by atoms with van der Waals surface area (Å²) >= 11 is 0. The highest BCUT2D eigenvalue weighted by Gasteiger charge is 2.11. The van der Waals surface area contributed by atoms with Crippen LogP contribution in [0.15, 0.2) is 6.20 Å². The Kier molecular flexibility index (Phi) is 1.17. The summed E-state index contributed by atoms with van der Waals surface area (Å²) in [6.45, 7) is 3.22. The molecule has 2 rings (SSSR count). The molecule has 1 aromatic rings. The van der Waals surface area contributed by atoms with Gasteiger partial charge in [-0.2, -0.15) is 0 Å². The molecule has 0 aromatic carbocycles. The maximum atomic E-state index is 5.17. The Balaban J connectivity index is 2.52. The first-order valence-electron chi connectivity index (χ1n) is 3.25. The Morgan fingerprint density at radius 1 is 1.50 bits per heavy atom. The van der Waals surface area contributed by atoms with E-state index in [1.807, 2.05) is 13.1 Å². The molecule has 0 amide bonds. The van der Waals surface area contributed by atoms with Crippen molar-refractivity contribution in [1.29, 1.82) is 0 Å². The third kappa shape index (κ3) is 0.789. The van der Waals surface area contributed by atoms with Gasteiger partial charge in [-0.25, -0.2) is 9.97 Å². The summed E-state index contributed by atoms with van der Waals surface area (Å²) in [5.41, 5.74) is 2.18. The quantitative estimate of drug-likeness (QED) is 0.529. The summed E-state index contributed by atoms with van der Waals surface area (Å²) in [5, 5.41) is 0. The van der Waals surface area contributed by atoms with E-state index in [1.54, 1.807) is 0 Å². The van der Waals surface area contributed by atoms with Gasteiger partial charge in [0.2, 0.25) is 0 Å². The zero-order valence-corrected chi connectivity index (χ0v) is 5.79. The van der Waals surface area contributed by atoms with E-state index in [2.05, 4.69) is 9.97 Å². The largest absolute Gasteiger partial charge is 0.370 e. The van der Waals surface area contributed by atoms with Gasteiger partial charge in [-0.05, 0) is 6.92 Å². The number of rotatable bonds is 0. The highest BCUT2D eigenvalue weighted by molar-refractivity contribution is 5.18. The lowest BCUT2D eigenvalue weighted by molar-refractivity contribution is 0.133. The number of aromatic nitrogens is 2. The minimum absolute atomic E-state index is 0.651. The van der Waals surface area contributed by atoms with Crippen molar-refractivity contribution >= 4 is 0 Å². The fourth-order valence-corrected chi connectivity index (χ4v) is 1.05. The lowest BCUT2D eigenvalue weighted by Gasteiger charge is -1.94. The van der Waals surface area contributed by atoms with Crippen LogP contribution in [0.1, 0.15) is 17.1 Å².